The predicted octanol–water partition coefficient (Wildman–Crippen LogP) is -0.322. The average molecular weight is 311 g/mol. The van der Waals surface area contributed by atoms with Crippen LogP contribution in [-0.2, 0) is 28.2 Å². The van der Waals surface area contributed by atoms with Gasteiger partial charge in [0, 0.05) is 31.7 Å². The maximum atomic E-state index is 12.4. The molecule has 1 fully saturated rings. The van der Waals surface area contributed by atoms with Gasteiger partial charge in [-0.3, -0.25) is 4.79 Å². The molecule has 1 aromatic carbocycles. The van der Waals surface area contributed by atoms with Crippen molar-refractivity contribution in [1.82, 2.24) is 9.21 Å². The van der Waals surface area contributed by atoms with Gasteiger partial charge in [0.25, 0.3) is 16.1 Å². The first kappa shape index (κ1) is 14.5. The van der Waals surface area contributed by atoms with E-state index in [9.17, 15) is 13.2 Å². The summed E-state index contributed by atoms with van der Waals surface area (Å²) in [4.78, 5) is 14.1. The van der Waals surface area contributed by atoms with E-state index in [1.165, 1.54) is 4.31 Å². The fourth-order valence-corrected chi connectivity index (χ4v) is 3.31. The molecule has 0 unspecified atom stereocenters. The second-order valence-electron chi connectivity index (χ2n) is 5.21. The Morgan fingerprint density at radius 1 is 1.10 bits per heavy atom. The van der Waals surface area contributed by atoms with Crippen LogP contribution in [0.15, 0.2) is 18.2 Å². The lowest BCUT2D eigenvalue weighted by Crippen LogP contribution is -2.52. The Balaban J connectivity index is 1.70. The Bertz CT molecular complexity index is 666. The molecule has 114 valence electrons. The highest BCUT2D eigenvalue weighted by molar-refractivity contribution is 7.86. The largest absolute Gasteiger partial charge is 0.372 e. The molecular weight excluding hydrogens is 294 g/mol. The summed E-state index contributed by atoms with van der Waals surface area (Å²) in [7, 11) is -3.67. The summed E-state index contributed by atoms with van der Waals surface area (Å²) >= 11 is 0. The van der Waals surface area contributed by atoms with Gasteiger partial charge < -0.3 is 9.64 Å². The second-order valence-corrected chi connectivity index (χ2v) is 6.76. The molecule has 2 aliphatic heterocycles. The lowest BCUT2D eigenvalue weighted by atomic mass is 10.1. The summed E-state index contributed by atoms with van der Waals surface area (Å²) in [6, 6.07) is 5.56. The minimum Gasteiger partial charge on any atom is -0.372 e. The normalized spacial score (nSPS) is 19.6. The van der Waals surface area contributed by atoms with E-state index in [0.717, 1.165) is 11.1 Å². The first-order valence-electron chi connectivity index (χ1n) is 6.72. The van der Waals surface area contributed by atoms with Gasteiger partial charge >= 0.3 is 0 Å². The summed E-state index contributed by atoms with van der Waals surface area (Å²) in [6.45, 7) is 2.30. The zero-order chi connectivity index (χ0) is 15.0. The third-order valence-electron chi connectivity index (χ3n) is 3.85. The zero-order valence-corrected chi connectivity index (χ0v) is 12.3. The molecule has 0 aromatic heterocycles. The van der Waals surface area contributed by atoms with Crippen LogP contribution in [0.1, 0.15) is 21.5 Å². The van der Waals surface area contributed by atoms with Crippen LogP contribution in [0, 0.1) is 0 Å². The fourth-order valence-electron chi connectivity index (χ4n) is 2.63. The van der Waals surface area contributed by atoms with Crippen molar-refractivity contribution in [2.24, 2.45) is 5.14 Å². The maximum absolute atomic E-state index is 12.4. The molecule has 3 rings (SSSR count). The number of amides is 1. The van der Waals surface area contributed by atoms with E-state index < -0.39 is 10.2 Å². The molecular formula is C13H17N3O4S. The Morgan fingerprint density at radius 2 is 1.76 bits per heavy atom. The number of carbonyl (C=O) groups is 1. The number of nitrogens with two attached hydrogens (primary N) is 1. The highest BCUT2D eigenvalue weighted by atomic mass is 32.2. The van der Waals surface area contributed by atoms with Gasteiger partial charge in [-0.2, -0.15) is 12.7 Å². The van der Waals surface area contributed by atoms with Crippen molar-refractivity contribution in [3.05, 3.63) is 34.9 Å². The van der Waals surface area contributed by atoms with Crippen LogP contribution in [0.25, 0.3) is 0 Å². The number of piperazine rings is 1. The molecule has 0 bridgehead atoms. The molecule has 2 heterocycles. The van der Waals surface area contributed by atoms with Crippen molar-refractivity contribution >= 4 is 16.1 Å². The highest BCUT2D eigenvalue weighted by Gasteiger charge is 2.27. The number of carbonyl (C=O) groups excluding carboxylic acids is 1. The first-order chi connectivity index (χ1) is 9.95. The summed E-state index contributed by atoms with van der Waals surface area (Å²) in [5.74, 6) is -0.0845. The number of nitrogens with zero attached hydrogens (tertiary/aromatic N) is 2. The third-order valence-corrected chi connectivity index (χ3v) is 4.94. The average Bonchev–Trinajstić information content (AvgIpc) is 2.93. The molecule has 1 aromatic rings. The van der Waals surface area contributed by atoms with Crippen LogP contribution in [0.2, 0.25) is 0 Å². The number of ether oxygens (including phenoxy) is 1. The Hall–Kier alpha value is -1.48. The molecule has 7 nitrogen and oxygen atoms in total. The van der Waals surface area contributed by atoms with Gasteiger partial charge in [0.1, 0.15) is 0 Å². The summed E-state index contributed by atoms with van der Waals surface area (Å²) in [5, 5.41) is 5.09. The van der Waals surface area contributed by atoms with E-state index in [-0.39, 0.29) is 19.0 Å². The maximum Gasteiger partial charge on any atom is 0.277 e. The highest BCUT2D eigenvalue weighted by Crippen LogP contribution is 2.22. The van der Waals surface area contributed by atoms with Crippen molar-refractivity contribution in [2.45, 2.75) is 13.2 Å². The number of rotatable bonds is 2. The molecule has 2 N–H and O–H groups in total. The Morgan fingerprint density at radius 3 is 2.43 bits per heavy atom. The van der Waals surface area contributed by atoms with Crippen LogP contribution in [0.3, 0.4) is 0 Å². The fraction of sp³-hybridized carbons (Fsp3) is 0.462. The molecule has 0 spiro atoms. The van der Waals surface area contributed by atoms with Crippen molar-refractivity contribution in [3.8, 4) is 0 Å². The standard InChI is InChI=1S/C13H17N3O4S/c14-21(18,19)16-5-3-15(4-6-16)13(17)10-1-2-11-8-20-9-12(11)7-10/h1-2,7H,3-6,8-9H2,(H2,14,18,19). The molecule has 0 radical (unpaired) electrons. The molecule has 0 atom stereocenters. The van der Waals surface area contributed by atoms with Crippen molar-refractivity contribution < 1.29 is 17.9 Å². The monoisotopic (exact) mass is 311 g/mol. The van der Waals surface area contributed by atoms with Crippen LogP contribution in [0.4, 0.5) is 0 Å². The molecule has 1 amide bonds. The number of hydrogen-bond acceptors (Lipinski definition) is 4. The van der Waals surface area contributed by atoms with Gasteiger partial charge in [-0.1, -0.05) is 6.07 Å². The lowest BCUT2D eigenvalue weighted by Gasteiger charge is -2.33. The summed E-state index contributed by atoms with van der Waals surface area (Å²) < 4.78 is 29.0. The molecule has 8 heteroatoms. The van der Waals surface area contributed by atoms with Gasteiger partial charge in [0.15, 0.2) is 0 Å². The minimum atomic E-state index is -3.67. The van der Waals surface area contributed by atoms with E-state index in [4.69, 9.17) is 9.88 Å². The van der Waals surface area contributed by atoms with Gasteiger partial charge in [0.05, 0.1) is 13.2 Å². The molecule has 0 saturated carbocycles. The van der Waals surface area contributed by atoms with Crippen molar-refractivity contribution in [1.29, 1.82) is 0 Å². The van der Waals surface area contributed by atoms with Crippen LogP contribution in [0.5, 0.6) is 0 Å². The zero-order valence-electron chi connectivity index (χ0n) is 11.5. The van der Waals surface area contributed by atoms with Gasteiger partial charge in [0.2, 0.25) is 0 Å². The van der Waals surface area contributed by atoms with Crippen molar-refractivity contribution in [3.63, 3.8) is 0 Å². The number of fused-ring (bicyclic) bond motifs is 1. The second kappa shape index (κ2) is 5.38. The van der Waals surface area contributed by atoms with Gasteiger partial charge in [-0.25, -0.2) is 5.14 Å². The summed E-state index contributed by atoms with van der Waals surface area (Å²) in [5.41, 5.74) is 2.78. The predicted molar refractivity (Wildman–Crippen MR) is 75.5 cm³/mol. The van der Waals surface area contributed by atoms with Gasteiger partial charge in [-0.15, -0.1) is 0 Å². The number of benzene rings is 1. The van der Waals surface area contributed by atoms with E-state index in [0.29, 0.717) is 31.9 Å². The first-order valence-corrected chi connectivity index (χ1v) is 8.22. The lowest BCUT2D eigenvalue weighted by molar-refractivity contribution is 0.0697. The van der Waals surface area contributed by atoms with Gasteiger partial charge in [-0.05, 0) is 23.3 Å². The molecule has 21 heavy (non-hydrogen) atoms. The van der Waals surface area contributed by atoms with Crippen LogP contribution < -0.4 is 5.14 Å². The Kier molecular flexibility index (Phi) is 3.70. The van der Waals surface area contributed by atoms with E-state index in [1.807, 2.05) is 12.1 Å². The van der Waals surface area contributed by atoms with E-state index in [2.05, 4.69) is 0 Å². The topological polar surface area (TPSA) is 92.9 Å². The van der Waals surface area contributed by atoms with Crippen LogP contribution in [-0.4, -0.2) is 49.7 Å². The smallest absolute Gasteiger partial charge is 0.277 e. The van der Waals surface area contributed by atoms with E-state index in [1.54, 1.807) is 11.0 Å². The van der Waals surface area contributed by atoms with E-state index >= 15 is 0 Å². The summed E-state index contributed by atoms with van der Waals surface area (Å²) in [6.07, 6.45) is 0. The minimum absolute atomic E-state index is 0.0845. The van der Waals surface area contributed by atoms with Crippen LogP contribution >= 0.6 is 0 Å². The Labute approximate surface area is 123 Å². The van der Waals surface area contributed by atoms with Crippen molar-refractivity contribution in [2.75, 3.05) is 26.2 Å². The number of hydrogen-bond donors (Lipinski definition) is 1. The third kappa shape index (κ3) is 2.93. The SMILES string of the molecule is NS(=O)(=O)N1CCN(C(=O)c2ccc3c(c2)COC3)CC1. The molecule has 2 aliphatic rings. The quantitative estimate of drug-likeness (QED) is 0.810. The molecule has 0 aliphatic carbocycles. The molecule has 1 saturated heterocycles.